The SMILES string of the molecule is Cc1nn(C)c(C)c1CN(Cc1nc2ccccc2n1C)C(=O)C1CCCO1. The predicted octanol–water partition coefficient (Wildman–Crippen LogP) is 2.63. The molecule has 3 heterocycles. The van der Waals surface area contributed by atoms with E-state index in [-0.39, 0.29) is 12.0 Å². The summed E-state index contributed by atoms with van der Waals surface area (Å²) in [6, 6.07) is 8.04. The molecule has 7 nitrogen and oxygen atoms in total. The first-order valence-corrected chi connectivity index (χ1v) is 9.75. The molecule has 3 aromatic rings. The number of aryl methyl sites for hydroxylation is 3. The van der Waals surface area contributed by atoms with Crippen molar-refractivity contribution in [3.8, 4) is 0 Å². The number of para-hydroxylation sites is 2. The monoisotopic (exact) mass is 381 g/mol. The summed E-state index contributed by atoms with van der Waals surface area (Å²) in [7, 11) is 3.93. The van der Waals surface area contributed by atoms with Crippen LogP contribution in [0.5, 0.6) is 0 Å². The number of benzene rings is 1. The molecule has 7 heteroatoms. The second kappa shape index (κ2) is 7.39. The molecule has 1 amide bonds. The van der Waals surface area contributed by atoms with Gasteiger partial charge in [0.15, 0.2) is 0 Å². The molecule has 0 aliphatic carbocycles. The Hall–Kier alpha value is -2.67. The molecule has 28 heavy (non-hydrogen) atoms. The van der Waals surface area contributed by atoms with Gasteiger partial charge in [0, 0.05) is 38.5 Å². The van der Waals surface area contributed by atoms with E-state index in [9.17, 15) is 4.79 Å². The molecule has 1 unspecified atom stereocenters. The number of aromatic nitrogens is 4. The molecule has 0 bridgehead atoms. The topological polar surface area (TPSA) is 65.2 Å². The summed E-state index contributed by atoms with van der Waals surface area (Å²) in [5.74, 6) is 0.902. The van der Waals surface area contributed by atoms with Crippen LogP contribution in [0.25, 0.3) is 11.0 Å². The molecule has 0 N–H and O–H groups in total. The van der Waals surface area contributed by atoms with Crippen LogP contribution in [0.3, 0.4) is 0 Å². The van der Waals surface area contributed by atoms with E-state index in [1.54, 1.807) is 0 Å². The Morgan fingerprint density at radius 1 is 1.25 bits per heavy atom. The van der Waals surface area contributed by atoms with E-state index < -0.39 is 0 Å². The Labute approximate surface area is 164 Å². The summed E-state index contributed by atoms with van der Waals surface area (Å²) < 4.78 is 9.62. The van der Waals surface area contributed by atoms with Crippen LogP contribution < -0.4 is 0 Å². The van der Waals surface area contributed by atoms with Gasteiger partial charge >= 0.3 is 0 Å². The number of carbonyl (C=O) groups excluding carboxylic acids is 1. The highest BCUT2D eigenvalue weighted by atomic mass is 16.5. The zero-order valence-corrected chi connectivity index (χ0v) is 17.0. The second-order valence-electron chi connectivity index (χ2n) is 7.54. The van der Waals surface area contributed by atoms with Gasteiger partial charge in [0.05, 0.1) is 23.3 Å². The van der Waals surface area contributed by atoms with Crippen molar-refractivity contribution in [1.82, 2.24) is 24.2 Å². The molecule has 4 rings (SSSR count). The molecule has 0 spiro atoms. The third-order valence-electron chi connectivity index (χ3n) is 5.74. The molecule has 2 aromatic heterocycles. The van der Waals surface area contributed by atoms with Crippen LogP contribution in [0.4, 0.5) is 0 Å². The van der Waals surface area contributed by atoms with E-state index in [0.29, 0.717) is 19.7 Å². The van der Waals surface area contributed by atoms with Gasteiger partial charge in [-0.05, 0) is 38.8 Å². The van der Waals surface area contributed by atoms with E-state index in [1.165, 1.54) is 0 Å². The lowest BCUT2D eigenvalue weighted by atomic mass is 10.1. The van der Waals surface area contributed by atoms with Gasteiger partial charge in [0.25, 0.3) is 5.91 Å². The molecule has 1 saturated heterocycles. The van der Waals surface area contributed by atoms with Gasteiger partial charge in [-0.2, -0.15) is 5.10 Å². The average Bonchev–Trinajstić information content (AvgIpc) is 3.38. The lowest BCUT2D eigenvalue weighted by Gasteiger charge is -2.25. The van der Waals surface area contributed by atoms with Crippen molar-refractivity contribution in [2.24, 2.45) is 14.1 Å². The zero-order valence-electron chi connectivity index (χ0n) is 17.0. The van der Waals surface area contributed by atoms with Gasteiger partial charge in [-0.25, -0.2) is 4.98 Å². The number of rotatable bonds is 5. The van der Waals surface area contributed by atoms with Gasteiger partial charge < -0.3 is 14.2 Å². The molecular weight excluding hydrogens is 354 g/mol. The van der Waals surface area contributed by atoms with Crippen LogP contribution in [0, 0.1) is 13.8 Å². The molecule has 1 aromatic carbocycles. The third-order valence-corrected chi connectivity index (χ3v) is 5.74. The molecular formula is C21H27N5O2. The number of nitrogens with zero attached hydrogens (tertiary/aromatic N) is 5. The fourth-order valence-corrected chi connectivity index (χ4v) is 3.93. The third kappa shape index (κ3) is 3.30. The Bertz CT molecular complexity index is 1010. The number of amides is 1. The van der Waals surface area contributed by atoms with Crippen LogP contribution in [0.2, 0.25) is 0 Å². The van der Waals surface area contributed by atoms with E-state index in [1.807, 2.05) is 61.8 Å². The molecule has 1 fully saturated rings. The van der Waals surface area contributed by atoms with Crippen molar-refractivity contribution in [2.45, 2.75) is 45.9 Å². The lowest BCUT2D eigenvalue weighted by Crippen LogP contribution is -2.38. The Balaban J connectivity index is 1.67. The first kappa shape index (κ1) is 18.7. The molecule has 1 aliphatic rings. The minimum Gasteiger partial charge on any atom is -0.368 e. The number of hydrogen-bond donors (Lipinski definition) is 0. The summed E-state index contributed by atoms with van der Waals surface area (Å²) >= 11 is 0. The van der Waals surface area contributed by atoms with Gasteiger partial charge in [0.1, 0.15) is 11.9 Å². The summed E-state index contributed by atoms with van der Waals surface area (Å²) in [5, 5.41) is 4.51. The minimum absolute atomic E-state index is 0.0345. The summed E-state index contributed by atoms with van der Waals surface area (Å²) in [6.07, 6.45) is 1.36. The van der Waals surface area contributed by atoms with Crippen molar-refractivity contribution in [3.05, 3.63) is 47.0 Å². The number of hydrogen-bond acceptors (Lipinski definition) is 4. The van der Waals surface area contributed by atoms with Gasteiger partial charge in [-0.3, -0.25) is 9.48 Å². The van der Waals surface area contributed by atoms with Crippen LogP contribution in [0.15, 0.2) is 24.3 Å². The fraction of sp³-hybridized carbons (Fsp3) is 0.476. The highest BCUT2D eigenvalue weighted by Crippen LogP contribution is 2.22. The first-order valence-electron chi connectivity index (χ1n) is 9.75. The quantitative estimate of drug-likeness (QED) is 0.681. The van der Waals surface area contributed by atoms with E-state index in [2.05, 4.69) is 9.67 Å². The van der Waals surface area contributed by atoms with Crippen LogP contribution in [-0.2, 0) is 36.7 Å². The standard InChI is InChI=1S/C21H27N5O2/c1-14-16(15(2)25(4)23-14)12-26(21(27)19-10-7-11-28-19)13-20-22-17-8-5-6-9-18(17)24(20)3/h5-6,8-9,19H,7,10-13H2,1-4H3. The van der Waals surface area contributed by atoms with E-state index >= 15 is 0 Å². The fourth-order valence-electron chi connectivity index (χ4n) is 3.93. The number of imidazole rings is 1. The number of carbonyl (C=O) groups is 1. The predicted molar refractivity (Wildman–Crippen MR) is 107 cm³/mol. The average molecular weight is 381 g/mol. The van der Waals surface area contributed by atoms with E-state index in [0.717, 1.165) is 46.7 Å². The van der Waals surface area contributed by atoms with Crippen molar-refractivity contribution in [1.29, 1.82) is 0 Å². The zero-order chi connectivity index (χ0) is 19.8. The Kier molecular flexibility index (Phi) is 4.93. The van der Waals surface area contributed by atoms with Crippen molar-refractivity contribution in [2.75, 3.05) is 6.61 Å². The summed E-state index contributed by atoms with van der Waals surface area (Å²) in [5.41, 5.74) is 5.13. The largest absolute Gasteiger partial charge is 0.368 e. The van der Waals surface area contributed by atoms with Crippen molar-refractivity contribution >= 4 is 16.9 Å². The molecule has 0 radical (unpaired) electrons. The van der Waals surface area contributed by atoms with Crippen molar-refractivity contribution < 1.29 is 9.53 Å². The van der Waals surface area contributed by atoms with Gasteiger partial charge in [0.2, 0.25) is 0 Å². The van der Waals surface area contributed by atoms with E-state index in [4.69, 9.17) is 9.72 Å². The molecule has 1 atom stereocenters. The number of ether oxygens (including phenoxy) is 1. The maximum absolute atomic E-state index is 13.2. The summed E-state index contributed by atoms with van der Waals surface area (Å²) in [6.45, 7) is 5.64. The Morgan fingerprint density at radius 2 is 2.04 bits per heavy atom. The normalized spacial score (nSPS) is 16.8. The Morgan fingerprint density at radius 3 is 2.68 bits per heavy atom. The minimum atomic E-state index is -0.355. The van der Waals surface area contributed by atoms with Crippen molar-refractivity contribution in [3.63, 3.8) is 0 Å². The van der Waals surface area contributed by atoms with Crippen LogP contribution in [0.1, 0.15) is 35.6 Å². The smallest absolute Gasteiger partial charge is 0.252 e. The molecule has 0 saturated carbocycles. The second-order valence-corrected chi connectivity index (χ2v) is 7.54. The first-order chi connectivity index (χ1) is 13.5. The van der Waals surface area contributed by atoms with Crippen LogP contribution in [-0.4, -0.2) is 42.8 Å². The summed E-state index contributed by atoms with van der Waals surface area (Å²) in [4.78, 5) is 19.9. The highest BCUT2D eigenvalue weighted by molar-refractivity contribution is 5.81. The maximum Gasteiger partial charge on any atom is 0.252 e. The molecule has 148 valence electrons. The highest BCUT2D eigenvalue weighted by Gasteiger charge is 2.30. The molecule has 1 aliphatic heterocycles. The van der Waals surface area contributed by atoms with Gasteiger partial charge in [-0.1, -0.05) is 12.1 Å². The van der Waals surface area contributed by atoms with Crippen LogP contribution >= 0.6 is 0 Å². The number of fused-ring (bicyclic) bond motifs is 1. The lowest BCUT2D eigenvalue weighted by molar-refractivity contribution is -0.142. The maximum atomic E-state index is 13.2. The van der Waals surface area contributed by atoms with Gasteiger partial charge in [-0.15, -0.1) is 0 Å².